The lowest BCUT2D eigenvalue weighted by Crippen LogP contribution is -2.63. The largest absolute Gasteiger partial charge is 0.395 e. The van der Waals surface area contributed by atoms with Crippen LogP contribution in [-0.4, -0.2) is 47.6 Å². The molecular formula is C12H26N2O2. The lowest BCUT2D eigenvalue weighted by molar-refractivity contribution is -0.267. The maximum atomic E-state index is 8.86. The van der Waals surface area contributed by atoms with Crippen LogP contribution in [0.2, 0.25) is 0 Å². The summed E-state index contributed by atoms with van der Waals surface area (Å²) in [5, 5.41) is 14.3. The molecule has 0 aromatic carbocycles. The number of aliphatic hydroxyl groups is 1. The average Bonchev–Trinajstić information content (AvgIpc) is 2.11. The molecule has 1 aliphatic rings. The van der Waals surface area contributed by atoms with Crippen molar-refractivity contribution in [3.63, 3.8) is 0 Å². The summed E-state index contributed by atoms with van der Waals surface area (Å²) in [6.07, 6.45) is 2.06. The van der Waals surface area contributed by atoms with Crippen molar-refractivity contribution in [2.24, 2.45) is 0 Å². The number of hydrogen-bond acceptors (Lipinski definition) is 4. The Morgan fingerprint density at radius 2 is 1.75 bits per heavy atom. The van der Waals surface area contributed by atoms with Gasteiger partial charge in [-0.15, -0.1) is 0 Å². The topological polar surface area (TPSA) is 44.7 Å². The molecule has 0 unspecified atom stereocenters. The Labute approximate surface area is 98.9 Å². The molecule has 1 saturated heterocycles. The molecule has 0 atom stereocenters. The summed E-state index contributed by atoms with van der Waals surface area (Å²) in [6, 6.07) is 0.448. The van der Waals surface area contributed by atoms with E-state index in [9.17, 15) is 0 Å². The molecule has 1 rings (SSSR count). The summed E-state index contributed by atoms with van der Waals surface area (Å²) in [5.41, 5.74) is 0.0350. The van der Waals surface area contributed by atoms with Gasteiger partial charge in [-0.3, -0.25) is 0 Å². The highest BCUT2D eigenvalue weighted by Crippen LogP contribution is 2.38. The average molecular weight is 230 g/mol. The van der Waals surface area contributed by atoms with Crippen molar-refractivity contribution in [1.29, 1.82) is 0 Å². The summed E-state index contributed by atoms with van der Waals surface area (Å²) in [7, 11) is 1.74. The van der Waals surface area contributed by atoms with Crippen LogP contribution in [0.5, 0.6) is 0 Å². The minimum absolute atomic E-state index is 0.0175. The third-order valence-corrected chi connectivity index (χ3v) is 3.32. The van der Waals surface area contributed by atoms with Crippen molar-refractivity contribution in [2.45, 2.75) is 57.7 Å². The first-order valence-corrected chi connectivity index (χ1v) is 6.02. The summed E-state index contributed by atoms with van der Waals surface area (Å²) in [5.74, 6) is 0. The molecule has 1 fully saturated rings. The molecule has 0 amide bonds. The summed E-state index contributed by atoms with van der Waals surface area (Å²) in [6.45, 7) is 9.67. The third kappa shape index (κ3) is 2.94. The van der Waals surface area contributed by atoms with Crippen LogP contribution in [0.4, 0.5) is 0 Å². The van der Waals surface area contributed by atoms with E-state index in [4.69, 9.17) is 9.94 Å². The van der Waals surface area contributed by atoms with Gasteiger partial charge >= 0.3 is 0 Å². The van der Waals surface area contributed by atoms with Crippen molar-refractivity contribution in [3.05, 3.63) is 0 Å². The number of nitrogens with one attached hydrogen (secondary N) is 1. The lowest BCUT2D eigenvalue weighted by Gasteiger charge is -2.53. The molecule has 0 saturated carbocycles. The minimum Gasteiger partial charge on any atom is -0.395 e. The molecule has 0 radical (unpaired) electrons. The fraction of sp³-hybridized carbons (Fsp3) is 1.00. The fourth-order valence-electron chi connectivity index (χ4n) is 3.17. The van der Waals surface area contributed by atoms with Crippen molar-refractivity contribution in [1.82, 2.24) is 10.4 Å². The molecule has 96 valence electrons. The Morgan fingerprint density at radius 3 is 2.12 bits per heavy atom. The van der Waals surface area contributed by atoms with Crippen LogP contribution in [-0.2, 0) is 4.84 Å². The molecule has 0 aliphatic carbocycles. The Hall–Kier alpha value is -0.160. The van der Waals surface area contributed by atoms with Gasteiger partial charge in [0.05, 0.1) is 13.7 Å². The maximum Gasteiger partial charge on any atom is 0.0575 e. The van der Waals surface area contributed by atoms with Gasteiger partial charge in [0.15, 0.2) is 0 Å². The summed E-state index contributed by atoms with van der Waals surface area (Å²) >= 11 is 0. The molecule has 1 aliphatic heterocycles. The van der Waals surface area contributed by atoms with Gasteiger partial charge in [0.1, 0.15) is 0 Å². The van der Waals surface area contributed by atoms with E-state index in [0.717, 1.165) is 12.8 Å². The normalized spacial score (nSPS) is 25.9. The van der Waals surface area contributed by atoms with Crippen molar-refractivity contribution in [2.75, 3.05) is 20.3 Å². The predicted molar refractivity (Wildman–Crippen MR) is 65.1 cm³/mol. The molecule has 0 aromatic rings. The van der Waals surface area contributed by atoms with Crippen LogP contribution in [0.1, 0.15) is 40.5 Å². The molecule has 4 heteroatoms. The third-order valence-electron chi connectivity index (χ3n) is 3.32. The highest BCUT2D eigenvalue weighted by Gasteiger charge is 2.45. The molecule has 4 nitrogen and oxygen atoms in total. The zero-order chi connectivity index (χ0) is 12.4. The van der Waals surface area contributed by atoms with Crippen molar-refractivity contribution in [3.8, 4) is 0 Å². The van der Waals surface area contributed by atoms with Crippen LogP contribution in [0, 0.1) is 0 Å². The van der Waals surface area contributed by atoms with E-state index in [-0.39, 0.29) is 17.7 Å². The Balaban J connectivity index is 2.72. The van der Waals surface area contributed by atoms with Crippen LogP contribution >= 0.6 is 0 Å². The molecular weight excluding hydrogens is 204 g/mol. The highest BCUT2D eigenvalue weighted by molar-refractivity contribution is 4.98. The van der Waals surface area contributed by atoms with E-state index in [0.29, 0.717) is 12.6 Å². The van der Waals surface area contributed by atoms with Gasteiger partial charge in [-0.1, -0.05) is 0 Å². The van der Waals surface area contributed by atoms with Gasteiger partial charge in [0.2, 0.25) is 0 Å². The van der Waals surface area contributed by atoms with Gasteiger partial charge in [-0.2, -0.15) is 5.06 Å². The second-order valence-electron chi connectivity index (χ2n) is 5.88. The molecule has 1 heterocycles. The van der Waals surface area contributed by atoms with Gasteiger partial charge in [-0.05, 0) is 40.5 Å². The number of hydrogen-bond donors (Lipinski definition) is 2. The van der Waals surface area contributed by atoms with Gasteiger partial charge in [0, 0.05) is 23.7 Å². The monoisotopic (exact) mass is 230 g/mol. The second-order valence-corrected chi connectivity index (χ2v) is 5.88. The van der Waals surface area contributed by atoms with Crippen LogP contribution in [0.25, 0.3) is 0 Å². The summed E-state index contributed by atoms with van der Waals surface area (Å²) in [4.78, 5) is 5.53. The zero-order valence-corrected chi connectivity index (χ0v) is 11.2. The first-order valence-electron chi connectivity index (χ1n) is 6.02. The van der Waals surface area contributed by atoms with E-state index in [2.05, 4.69) is 38.1 Å². The quantitative estimate of drug-likeness (QED) is 0.760. The van der Waals surface area contributed by atoms with Crippen molar-refractivity contribution < 1.29 is 9.94 Å². The molecule has 0 spiro atoms. The van der Waals surface area contributed by atoms with Crippen LogP contribution in [0.15, 0.2) is 0 Å². The first-order chi connectivity index (χ1) is 7.33. The van der Waals surface area contributed by atoms with E-state index < -0.39 is 0 Å². The van der Waals surface area contributed by atoms with E-state index in [1.165, 1.54) is 0 Å². The Bertz CT molecular complexity index is 211. The number of nitrogens with zero attached hydrogens (tertiary/aromatic N) is 1. The first kappa shape index (κ1) is 13.9. The maximum absolute atomic E-state index is 8.86. The Kier molecular flexibility index (Phi) is 4.35. The van der Waals surface area contributed by atoms with E-state index in [1.807, 2.05) is 0 Å². The molecule has 2 N–H and O–H groups in total. The van der Waals surface area contributed by atoms with Gasteiger partial charge in [-0.25, -0.2) is 0 Å². The molecule has 16 heavy (non-hydrogen) atoms. The van der Waals surface area contributed by atoms with Gasteiger partial charge in [0.25, 0.3) is 0 Å². The van der Waals surface area contributed by atoms with E-state index >= 15 is 0 Å². The number of hydroxylamine groups is 2. The SMILES string of the molecule is CON1C(C)(C)CC(NCCO)CC1(C)C. The minimum atomic E-state index is 0.0175. The Morgan fingerprint density at radius 1 is 1.25 bits per heavy atom. The number of piperidine rings is 1. The number of aliphatic hydroxyl groups excluding tert-OH is 1. The second kappa shape index (κ2) is 5.00. The highest BCUT2D eigenvalue weighted by atomic mass is 16.7. The standard InChI is InChI=1S/C12H26N2O2/c1-11(2)8-10(13-6-7-15)9-12(3,4)14(11)16-5/h10,13,15H,6-9H2,1-5H3. The predicted octanol–water partition coefficient (Wildman–Crippen LogP) is 1.15. The molecule has 0 bridgehead atoms. The van der Waals surface area contributed by atoms with Crippen molar-refractivity contribution >= 4 is 0 Å². The fourth-order valence-corrected chi connectivity index (χ4v) is 3.17. The summed E-state index contributed by atoms with van der Waals surface area (Å²) < 4.78 is 0. The lowest BCUT2D eigenvalue weighted by atomic mass is 9.79. The van der Waals surface area contributed by atoms with Gasteiger partial charge < -0.3 is 15.3 Å². The number of rotatable bonds is 4. The smallest absolute Gasteiger partial charge is 0.0575 e. The van der Waals surface area contributed by atoms with E-state index in [1.54, 1.807) is 7.11 Å². The molecule has 0 aromatic heterocycles. The van der Waals surface area contributed by atoms with Crippen LogP contribution < -0.4 is 5.32 Å². The zero-order valence-electron chi connectivity index (χ0n) is 11.2. The van der Waals surface area contributed by atoms with Crippen LogP contribution in [0.3, 0.4) is 0 Å².